The molecule has 1 amide bonds. The first kappa shape index (κ1) is 19.9. The number of benzene rings is 1. The number of hydrogen-bond acceptors (Lipinski definition) is 4. The van der Waals surface area contributed by atoms with Crippen LogP contribution in [0.1, 0.15) is 27.6 Å². The quantitative estimate of drug-likeness (QED) is 0.578. The summed E-state index contributed by atoms with van der Waals surface area (Å²) in [6.07, 6.45) is 0.419. The molecular weight excluding hydrogens is 346 g/mol. The van der Waals surface area contributed by atoms with E-state index in [9.17, 15) is 4.79 Å². The first-order valence-corrected chi connectivity index (χ1v) is 9.46. The summed E-state index contributed by atoms with van der Waals surface area (Å²) in [5.74, 6) is 0.791. The van der Waals surface area contributed by atoms with Crippen LogP contribution in [-0.4, -0.2) is 42.4 Å². The normalized spacial score (nSPS) is 11.3. The minimum Gasteiger partial charge on any atom is -0.356 e. The van der Waals surface area contributed by atoms with Gasteiger partial charge in [0, 0.05) is 38.5 Å². The molecule has 0 aliphatic carbocycles. The highest BCUT2D eigenvalue weighted by molar-refractivity contribution is 7.11. The molecule has 0 radical (unpaired) electrons. The van der Waals surface area contributed by atoms with Gasteiger partial charge in [0.2, 0.25) is 5.91 Å². The van der Waals surface area contributed by atoms with Crippen LogP contribution in [0.3, 0.4) is 0 Å². The minimum atomic E-state index is 0.103. The summed E-state index contributed by atoms with van der Waals surface area (Å²) in [6.45, 7) is 5.86. The van der Waals surface area contributed by atoms with Gasteiger partial charge in [0.15, 0.2) is 5.96 Å². The van der Waals surface area contributed by atoms with Gasteiger partial charge in [-0.15, -0.1) is 11.3 Å². The number of nitrogens with one attached hydrogen (secondary N) is 2. The SMILES string of the molecule is CN=C(NCCC(=O)N(C)Cc1ccccc1)NCc1sc(C)nc1C. The summed E-state index contributed by atoms with van der Waals surface area (Å²) in [7, 11) is 3.56. The number of aliphatic imine (C=N–C) groups is 1. The van der Waals surface area contributed by atoms with Crippen molar-refractivity contribution in [3.8, 4) is 0 Å². The molecule has 2 N–H and O–H groups in total. The van der Waals surface area contributed by atoms with Crippen molar-refractivity contribution in [2.24, 2.45) is 4.99 Å². The summed E-state index contributed by atoms with van der Waals surface area (Å²) in [5, 5.41) is 7.52. The maximum Gasteiger partial charge on any atom is 0.224 e. The van der Waals surface area contributed by atoms with Crippen LogP contribution in [0.2, 0.25) is 0 Å². The molecule has 0 fully saturated rings. The second-order valence-corrected chi connectivity index (χ2v) is 7.37. The van der Waals surface area contributed by atoms with E-state index in [2.05, 4.69) is 20.6 Å². The van der Waals surface area contributed by atoms with E-state index in [1.165, 1.54) is 4.88 Å². The van der Waals surface area contributed by atoms with Crippen LogP contribution in [0.15, 0.2) is 35.3 Å². The molecular formula is C19H27N5OS. The predicted octanol–water partition coefficient (Wildman–Crippen LogP) is 2.47. The van der Waals surface area contributed by atoms with Crippen molar-refractivity contribution in [1.82, 2.24) is 20.5 Å². The number of amides is 1. The van der Waals surface area contributed by atoms with E-state index in [1.807, 2.05) is 51.2 Å². The van der Waals surface area contributed by atoms with Gasteiger partial charge in [0.05, 0.1) is 17.2 Å². The fraction of sp³-hybridized carbons (Fsp3) is 0.421. The number of aryl methyl sites for hydroxylation is 2. The van der Waals surface area contributed by atoms with E-state index < -0.39 is 0 Å². The van der Waals surface area contributed by atoms with Crippen LogP contribution < -0.4 is 10.6 Å². The predicted molar refractivity (Wildman–Crippen MR) is 107 cm³/mol. The standard InChI is InChI=1S/C19H27N5OS/c1-14-17(26-15(2)23-14)12-22-19(20-3)21-11-10-18(25)24(4)13-16-8-6-5-7-9-16/h5-9H,10-13H2,1-4H3,(H2,20,21,22). The number of carbonyl (C=O) groups is 1. The Balaban J connectivity index is 1.72. The second-order valence-electron chi connectivity index (χ2n) is 6.08. The number of nitrogens with zero attached hydrogens (tertiary/aromatic N) is 3. The molecule has 0 aliphatic rings. The number of thiazole rings is 1. The average molecular weight is 374 g/mol. The number of guanidine groups is 1. The number of carbonyl (C=O) groups excluding carboxylic acids is 1. The lowest BCUT2D eigenvalue weighted by Crippen LogP contribution is -2.39. The molecule has 1 heterocycles. The Morgan fingerprint density at radius 2 is 1.96 bits per heavy atom. The van der Waals surface area contributed by atoms with Crippen molar-refractivity contribution in [3.05, 3.63) is 51.5 Å². The Hall–Kier alpha value is -2.41. The molecule has 0 saturated carbocycles. The number of hydrogen-bond donors (Lipinski definition) is 2. The average Bonchev–Trinajstić information content (AvgIpc) is 2.95. The van der Waals surface area contributed by atoms with E-state index in [0.29, 0.717) is 32.0 Å². The summed E-state index contributed by atoms with van der Waals surface area (Å²) in [5.41, 5.74) is 2.18. The smallest absolute Gasteiger partial charge is 0.224 e. The first-order valence-electron chi connectivity index (χ1n) is 8.65. The molecule has 140 valence electrons. The van der Waals surface area contributed by atoms with E-state index in [1.54, 1.807) is 23.3 Å². The Kier molecular flexibility index (Phi) is 7.59. The zero-order chi connectivity index (χ0) is 18.9. The van der Waals surface area contributed by atoms with Crippen molar-refractivity contribution in [3.63, 3.8) is 0 Å². The van der Waals surface area contributed by atoms with Gasteiger partial charge < -0.3 is 15.5 Å². The van der Waals surface area contributed by atoms with Crippen molar-refractivity contribution in [2.45, 2.75) is 33.4 Å². The monoisotopic (exact) mass is 373 g/mol. The van der Waals surface area contributed by atoms with E-state index >= 15 is 0 Å². The highest BCUT2D eigenvalue weighted by atomic mass is 32.1. The molecule has 1 aromatic carbocycles. The fourth-order valence-electron chi connectivity index (χ4n) is 2.55. The summed E-state index contributed by atoms with van der Waals surface area (Å²) < 4.78 is 0. The van der Waals surface area contributed by atoms with E-state index in [4.69, 9.17) is 0 Å². The van der Waals surface area contributed by atoms with Gasteiger partial charge in [0.1, 0.15) is 0 Å². The molecule has 0 unspecified atom stereocenters. The van der Waals surface area contributed by atoms with E-state index in [-0.39, 0.29) is 5.91 Å². The molecule has 0 spiro atoms. The lowest BCUT2D eigenvalue weighted by molar-refractivity contribution is -0.130. The molecule has 7 heteroatoms. The molecule has 2 aromatic rings. The lowest BCUT2D eigenvalue weighted by atomic mass is 10.2. The maximum atomic E-state index is 12.3. The van der Waals surface area contributed by atoms with Gasteiger partial charge in [-0.3, -0.25) is 9.79 Å². The van der Waals surface area contributed by atoms with Crippen molar-refractivity contribution in [2.75, 3.05) is 20.6 Å². The Morgan fingerprint density at radius 1 is 1.23 bits per heavy atom. The lowest BCUT2D eigenvalue weighted by Gasteiger charge is -2.18. The van der Waals surface area contributed by atoms with Crippen LogP contribution in [0.25, 0.3) is 0 Å². The third kappa shape index (κ3) is 6.15. The van der Waals surface area contributed by atoms with Gasteiger partial charge in [-0.05, 0) is 19.4 Å². The van der Waals surface area contributed by atoms with Gasteiger partial charge in [-0.25, -0.2) is 4.98 Å². The molecule has 1 aromatic heterocycles. The van der Waals surface area contributed by atoms with Crippen LogP contribution in [0.4, 0.5) is 0 Å². The van der Waals surface area contributed by atoms with Gasteiger partial charge in [-0.1, -0.05) is 30.3 Å². The van der Waals surface area contributed by atoms with Crippen LogP contribution in [0, 0.1) is 13.8 Å². The second kappa shape index (κ2) is 9.91. The maximum absolute atomic E-state index is 12.3. The molecule has 26 heavy (non-hydrogen) atoms. The van der Waals surface area contributed by atoms with Crippen LogP contribution in [0.5, 0.6) is 0 Å². The zero-order valence-electron chi connectivity index (χ0n) is 15.9. The highest BCUT2D eigenvalue weighted by Crippen LogP contribution is 2.16. The van der Waals surface area contributed by atoms with Gasteiger partial charge in [-0.2, -0.15) is 0 Å². The summed E-state index contributed by atoms with van der Waals surface area (Å²) in [4.78, 5) is 23.8. The largest absolute Gasteiger partial charge is 0.356 e. The fourth-order valence-corrected chi connectivity index (χ4v) is 3.42. The van der Waals surface area contributed by atoms with Crippen molar-refractivity contribution < 1.29 is 4.79 Å². The summed E-state index contributed by atoms with van der Waals surface area (Å²) in [6, 6.07) is 9.99. The number of aromatic nitrogens is 1. The molecule has 6 nitrogen and oxygen atoms in total. The third-order valence-electron chi connectivity index (χ3n) is 3.96. The Labute approximate surface area is 159 Å². The van der Waals surface area contributed by atoms with Crippen LogP contribution in [-0.2, 0) is 17.9 Å². The highest BCUT2D eigenvalue weighted by Gasteiger charge is 2.10. The molecule has 0 saturated heterocycles. The summed E-state index contributed by atoms with van der Waals surface area (Å²) >= 11 is 1.68. The Morgan fingerprint density at radius 3 is 2.58 bits per heavy atom. The minimum absolute atomic E-state index is 0.103. The number of rotatable bonds is 7. The third-order valence-corrected chi connectivity index (χ3v) is 5.03. The topological polar surface area (TPSA) is 69.6 Å². The van der Waals surface area contributed by atoms with Crippen LogP contribution >= 0.6 is 11.3 Å². The zero-order valence-corrected chi connectivity index (χ0v) is 16.7. The first-order chi connectivity index (χ1) is 12.5. The molecule has 2 rings (SSSR count). The van der Waals surface area contributed by atoms with E-state index in [0.717, 1.165) is 16.3 Å². The van der Waals surface area contributed by atoms with Gasteiger partial charge >= 0.3 is 0 Å². The molecule has 0 aliphatic heterocycles. The molecule has 0 bridgehead atoms. The molecule has 0 atom stereocenters. The van der Waals surface area contributed by atoms with Crippen molar-refractivity contribution >= 4 is 23.2 Å². The van der Waals surface area contributed by atoms with Crippen molar-refractivity contribution in [1.29, 1.82) is 0 Å². The van der Waals surface area contributed by atoms with Gasteiger partial charge in [0.25, 0.3) is 0 Å². The Bertz CT molecular complexity index is 742.